The molecule has 0 aromatic heterocycles. The van der Waals surface area contributed by atoms with Crippen LogP contribution in [0, 0.1) is 5.92 Å². The Morgan fingerprint density at radius 3 is 2.50 bits per heavy atom. The lowest BCUT2D eigenvalue weighted by Gasteiger charge is -2.32. The molecular weight excluding hydrogens is 254 g/mol. The summed E-state index contributed by atoms with van der Waals surface area (Å²) < 4.78 is 32.9. The van der Waals surface area contributed by atoms with Crippen molar-refractivity contribution in [2.45, 2.75) is 12.8 Å². The van der Waals surface area contributed by atoms with Crippen LogP contribution in [0.5, 0.6) is 0 Å². The summed E-state index contributed by atoms with van der Waals surface area (Å²) >= 11 is 0. The van der Waals surface area contributed by atoms with Gasteiger partial charge in [-0.3, -0.25) is 0 Å². The van der Waals surface area contributed by atoms with Crippen molar-refractivity contribution in [2.75, 3.05) is 53.0 Å². The lowest BCUT2D eigenvalue weighted by Crippen LogP contribution is -2.48. The Morgan fingerprint density at radius 1 is 1.28 bits per heavy atom. The highest BCUT2D eigenvalue weighted by Gasteiger charge is 2.30. The molecule has 2 heterocycles. The lowest BCUT2D eigenvalue weighted by molar-refractivity contribution is 0.0702. The molecule has 0 saturated carbocycles. The molecule has 0 spiro atoms. The Bertz CT molecular complexity index is 349. The highest BCUT2D eigenvalue weighted by atomic mass is 32.2. The molecule has 6 nitrogen and oxygen atoms in total. The first-order valence-electron chi connectivity index (χ1n) is 6.60. The van der Waals surface area contributed by atoms with Crippen molar-refractivity contribution < 1.29 is 13.2 Å². The van der Waals surface area contributed by atoms with Crippen LogP contribution in [0.15, 0.2) is 0 Å². The summed E-state index contributed by atoms with van der Waals surface area (Å²) in [4.78, 5) is 0. The quantitative estimate of drug-likeness (QED) is 0.752. The third kappa shape index (κ3) is 3.42. The van der Waals surface area contributed by atoms with Gasteiger partial charge in [-0.25, -0.2) is 0 Å². The first-order valence-corrected chi connectivity index (χ1v) is 8.00. The van der Waals surface area contributed by atoms with Crippen molar-refractivity contribution in [1.29, 1.82) is 0 Å². The van der Waals surface area contributed by atoms with E-state index in [1.165, 1.54) is 8.61 Å². The van der Waals surface area contributed by atoms with Crippen LogP contribution in [0.25, 0.3) is 0 Å². The van der Waals surface area contributed by atoms with E-state index in [0.717, 1.165) is 25.9 Å². The molecule has 2 rings (SSSR count). The van der Waals surface area contributed by atoms with Gasteiger partial charge in [0.15, 0.2) is 0 Å². The molecule has 2 fully saturated rings. The molecule has 0 radical (unpaired) electrons. The molecule has 0 atom stereocenters. The van der Waals surface area contributed by atoms with Crippen LogP contribution in [-0.2, 0) is 14.9 Å². The molecule has 2 saturated heterocycles. The van der Waals surface area contributed by atoms with Crippen molar-refractivity contribution in [3.63, 3.8) is 0 Å². The van der Waals surface area contributed by atoms with E-state index >= 15 is 0 Å². The number of hydrogen-bond donors (Lipinski definition) is 1. The number of nitrogens with one attached hydrogen (secondary N) is 1. The fourth-order valence-electron chi connectivity index (χ4n) is 2.50. The minimum absolute atomic E-state index is 0.471. The zero-order valence-corrected chi connectivity index (χ0v) is 11.8. The molecule has 106 valence electrons. The molecule has 2 aliphatic rings. The minimum atomic E-state index is -3.30. The van der Waals surface area contributed by atoms with Crippen molar-refractivity contribution in [3.8, 4) is 0 Å². The average Bonchev–Trinajstić information content (AvgIpc) is 2.41. The van der Waals surface area contributed by atoms with E-state index in [0.29, 0.717) is 38.8 Å². The average molecular weight is 277 g/mol. The second kappa shape index (κ2) is 6.29. The van der Waals surface area contributed by atoms with Crippen LogP contribution in [0.4, 0.5) is 0 Å². The monoisotopic (exact) mass is 277 g/mol. The van der Waals surface area contributed by atoms with Gasteiger partial charge >= 0.3 is 0 Å². The molecule has 0 amide bonds. The Labute approximate surface area is 109 Å². The normalized spacial score (nSPS) is 24.6. The van der Waals surface area contributed by atoms with Crippen LogP contribution >= 0.6 is 0 Å². The van der Waals surface area contributed by atoms with E-state index < -0.39 is 10.2 Å². The van der Waals surface area contributed by atoms with Crippen LogP contribution < -0.4 is 5.32 Å². The summed E-state index contributed by atoms with van der Waals surface area (Å²) in [6.45, 7) is 4.56. The Morgan fingerprint density at radius 2 is 1.89 bits per heavy atom. The maximum absolute atomic E-state index is 12.3. The SMILES string of the molecule is CN(CC1CCNCC1)S(=O)(=O)N1CCOCC1. The van der Waals surface area contributed by atoms with Gasteiger partial charge in [0.25, 0.3) is 10.2 Å². The van der Waals surface area contributed by atoms with Gasteiger partial charge in [-0.15, -0.1) is 0 Å². The van der Waals surface area contributed by atoms with Crippen LogP contribution in [-0.4, -0.2) is 70.0 Å². The predicted octanol–water partition coefficient (Wildman–Crippen LogP) is -0.505. The van der Waals surface area contributed by atoms with E-state index in [1.54, 1.807) is 7.05 Å². The summed E-state index contributed by atoms with van der Waals surface area (Å²) in [5, 5.41) is 3.30. The minimum Gasteiger partial charge on any atom is -0.379 e. The largest absolute Gasteiger partial charge is 0.379 e. The summed E-state index contributed by atoms with van der Waals surface area (Å²) in [5.74, 6) is 0.479. The second-order valence-corrected chi connectivity index (χ2v) is 7.03. The molecule has 0 aromatic rings. The maximum atomic E-state index is 12.3. The fraction of sp³-hybridized carbons (Fsp3) is 1.00. The molecule has 0 bridgehead atoms. The third-order valence-electron chi connectivity index (χ3n) is 3.66. The maximum Gasteiger partial charge on any atom is 0.281 e. The second-order valence-electron chi connectivity index (χ2n) is 4.99. The van der Waals surface area contributed by atoms with E-state index in [-0.39, 0.29) is 0 Å². The zero-order valence-electron chi connectivity index (χ0n) is 11.0. The highest BCUT2D eigenvalue weighted by Crippen LogP contribution is 2.16. The van der Waals surface area contributed by atoms with E-state index in [9.17, 15) is 8.42 Å². The van der Waals surface area contributed by atoms with Gasteiger partial charge in [-0.2, -0.15) is 17.0 Å². The Balaban J connectivity index is 1.91. The van der Waals surface area contributed by atoms with E-state index in [4.69, 9.17) is 4.74 Å². The molecule has 1 N–H and O–H groups in total. The smallest absolute Gasteiger partial charge is 0.281 e. The molecule has 0 aliphatic carbocycles. The lowest BCUT2D eigenvalue weighted by atomic mass is 9.98. The van der Waals surface area contributed by atoms with Gasteiger partial charge in [-0.1, -0.05) is 0 Å². The van der Waals surface area contributed by atoms with E-state index in [1.807, 2.05) is 0 Å². The number of morpholine rings is 1. The molecule has 18 heavy (non-hydrogen) atoms. The fourth-order valence-corrected chi connectivity index (χ4v) is 3.90. The van der Waals surface area contributed by atoms with Crippen LogP contribution in [0.2, 0.25) is 0 Å². The first-order chi connectivity index (χ1) is 8.60. The van der Waals surface area contributed by atoms with Gasteiger partial charge in [0, 0.05) is 26.7 Å². The Kier molecular flexibility index (Phi) is 4.97. The van der Waals surface area contributed by atoms with Gasteiger partial charge in [0.2, 0.25) is 0 Å². The van der Waals surface area contributed by atoms with Crippen molar-refractivity contribution in [2.24, 2.45) is 5.92 Å². The van der Waals surface area contributed by atoms with Gasteiger partial charge in [0.1, 0.15) is 0 Å². The standard InChI is InChI=1S/C11H23N3O3S/c1-13(10-11-2-4-12-5-3-11)18(15,16)14-6-8-17-9-7-14/h11-12H,2-10H2,1H3. The van der Waals surface area contributed by atoms with Crippen molar-refractivity contribution in [3.05, 3.63) is 0 Å². The summed E-state index contributed by atoms with van der Waals surface area (Å²) in [5.41, 5.74) is 0. The first kappa shape index (κ1) is 14.2. The zero-order chi connectivity index (χ0) is 13.0. The van der Waals surface area contributed by atoms with Crippen molar-refractivity contribution >= 4 is 10.2 Å². The molecule has 2 aliphatic heterocycles. The number of nitrogens with zero attached hydrogens (tertiary/aromatic N) is 2. The summed E-state index contributed by atoms with van der Waals surface area (Å²) in [6, 6.07) is 0. The van der Waals surface area contributed by atoms with Crippen LogP contribution in [0.1, 0.15) is 12.8 Å². The predicted molar refractivity (Wildman–Crippen MR) is 69.5 cm³/mol. The van der Waals surface area contributed by atoms with Gasteiger partial charge in [-0.05, 0) is 31.8 Å². The molecule has 7 heteroatoms. The van der Waals surface area contributed by atoms with Crippen LogP contribution in [0.3, 0.4) is 0 Å². The van der Waals surface area contributed by atoms with Gasteiger partial charge < -0.3 is 10.1 Å². The van der Waals surface area contributed by atoms with Gasteiger partial charge in [0.05, 0.1) is 13.2 Å². The Hall–Kier alpha value is -0.210. The number of piperidine rings is 1. The number of rotatable bonds is 4. The topological polar surface area (TPSA) is 61.9 Å². The summed E-state index contributed by atoms with van der Waals surface area (Å²) in [6.07, 6.45) is 2.12. The number of ether oxygens (including phenoxy) is 1. The van der Waals surface area contributed by atoms with E-state index in [2.05, 4.69) is 5.32 Å². The summed E-state index contributed by atoms with van der Waals surface area (Å²) in [7, 11) is -1.61. The highest BCUT2D eigenvalue weighted by molar-refractivity contribution is 7.86. The molecule has 0 unspecified atom stereocenters. The number of hydrogen-bond acceptors (Lipinski definition) is 4. The molecule has 0 aromatic carbocycles. The molecular formula is C11H23N3O3S. The third-order valence-corrected chi connectivity index (χ3v) is 5.62. The van der Waals surface area contributed by atoms with Crippen molar-refractivity contribution in [1.82, 2.24) is 13.9 Å².